The summed E-state index contributed by atoms with van der Waals surface area (Å²) in [6, 6.07) is 9.16. The van der Waals surface area contributed by atoms with Gasteiger partial charge in [-0.1, -0.05) is 11.6 Å². The van der Waals surface area contributed by atoms with Gasteiger partial charge in [-0.15, -0.1) is 0 Å². The van der Waals surface area contributed by atoms with Crippen LogP contribution >= 0.6 is 11.6 Å². The Hall–Kier alpha value is -2.58. The average Bonchev–Trinajstić information content (AvgIpc) is 2.41. The van der Waals surface area contributed by atoms with Gasteiger partial charge in [-0.3, -0.25) is 0 Å². The maximum Gasteiger partial charge on any atom is 0.335 e. The molecule has 2 rings (SSSR count). The second-order valence-electron chi connectivity index (χ2n) is 3.52. The molecule has 0 radical (unpaired) electrons. The summed E-state index contributed by atoms with van der Waals surface area (Å²) < 4.78 is 5.41. The van der Waals surface area contributed by atoms with E-state index in [1.165, 1.54) is 24.4 Å². The van der Waals surface area contributed by atoms with Gasteiger partial charge in [0.1, 0.15) is 17.4 Å². The Kier molecular flexibility index (Phi) is 3.64. The van der Waals surface area contributed by atoms with E-state index in [1.54, 1.807) is 12.1 Å². The molecule has 0 aliphatic carbocycles. The Morgan fingerprint density at radius 3 is 2.84 bits per heavy atom. The van der Waals surface area contributed by atoms with E-state index < -0.39 is 5.97 Å². The van der Waals surface area contributed by atoms with Gasteiger partial charge in [-0.2, -0.15) is 5.26 Å². The minimum Gasteiger partial charge on any atom is -0.478 e. The summed E-state index contributed by atoms with van der Waals surface area (Å²) in [6.07, 6.45) is 1.48. The van der Waals surface area contributed by atoms with Crippen LogP contribution < -0.4 is 4.74 Å². The highest BCUT2D eigenvalue weighted by Crippen LogP contribution is 2.30. The molecule has 5 nitrogen and oxygen atoms in total. The topological polar surface area (TPSA) is 83.2 Å². The molecule has 0 amide bonds. The van der Waals surface area contributed by atoms with Crippen molar-refractivity contribution in [2.75, 3.05) is 0 Å². The van der Waals surface area contributed by atoms with E-state index in [0.717, 1.165) is 0 Å². The maximum atomic E-state index is 10.8. The van der Waals surface area contributed by atoms with E-state index in [-0.39, 0.29) is 27.8 Å². The second-order valence-corrected chi connectivity index (χ2v) is 3.93. The number of nitrogens with zero attached hydrogens (tertiary/aromatic N) is 2. The van der Waals surface area contributed by atoms with Gasteiger partial charge >= 0.3 is 5.97 Å². The van der Waals surface area contributed by atoms with Gasteiger partial charge in [0.15, 0.2) is 0 Å². The molecule has 0 bridgehead atoms. The molecule has 1 aromatic carbocycles. The first-order valence-corrected chi connectivity index (χ1v) is 5.55. The monoisotopic (exact) mass is 274 g/mol. The third kappa shape index (κ3) is 2.81. The summed E-state index contributed by atoms with van der Waals surface area (Å²) in [5.74, 6) is -0.721. The van der Waals surface area contributed by atoms with E-state index in [2.05, 4.69) is 4.98 Å². The van der Waals surface area contributed by atoms with Crippen molar-refractivity contribution in [3.8, 4) is 17.7 Å². The smallest absolute Gasteiger partial charge is 0.335 e. The molecule has 0 aliphatic rings. The molecule has 1 heterocycles. The third-order valence-electron chi connectivity index (χ3n) is 2.28. The van der Waals surface area contributed by atoms with E-state index in [9.17, 15) is 4.79 Å². The number of rotatable bonds is 3. The normalized spacial score (nSPS) is 9.68. The highest BCUT2D eigenvalue weighted by molar-refractivity contribution is 6.32. The van der Waals surface area contributed by atoms with Crippen molar-refractivity contribution in [1.82, 2.24) is 4.98 Å². The number of pyridine rings is 1. The van der Waals surface area contributed by atoms with Crippen molar-refractivity contribution in [2.45, 2.75) is 0 Å². The van der Waals surface area contributed by atoms with Crippen LogP contribution in [0.15, 0.2) is 36.5 Å². The standard InChI is InChI=1S/C13H7ClN2O3/c14-10-6-8(13(17)18)3-4-11(10)19-12-9(7-15)2-1-5-16-12/h1-6H,(H,17,18). The summed E-state index contributed by atoms with van der Waals surface area (Å²) in [5.41, 5.74) is 0.319. The van der Waals surface area contributed by atoms with Crippen LogP contribution in [0, 0.1) is 11.3 Å². The van der Waals surface area contributed by atoms with E-state index in [1.807, 2.05) is 6.07 Å². The van der Waals surface area contributed by atoms with E-state index in [4.69, 9.17) is 26.7 Å². The van der Waals surface area contributed by atoms with Crippen LogP contribution in [0.1, 0.15) is 15.9 Å². The summed E-state index contributed by atoms with van der Waals surface area (Å²) >= 11 is 5.92. The molecule has 0 saturated heterocycles. The fraction of sp³-hybridized carbons (Fsp3) is 0. The number of aromatic nitrogens is 1. The van der Waals surface area contributed by atoms with Crippen molar-refractivity contribution in [2.24, 2.45) is 0 Å². The van der Waals surface area contributed by atoms with Gasteiger partial charge in [-0.25, -0.2) is 9.78 Å². The molecule has 0 fully saturated rings. The first-order chi connectivity index (χ1) is 9.11. The number of aromatic carboxylic acids is 1. The van der Waals surface area contributed by atoms with Crippen molar-refractivity contribution >= 4 is 17.6 Å². The molecule has 19 heavy (non-hydrogen) atoms. The Morgan fingerprint density at radius 2 is 2.21 bits per heavy atom. The molecular weight excluding hydrogens is 268 g/mol. The number of benzene rings is 1. The van der Waals surface area contributed by atoms with Crippen molar-refractivity contribution in [3.63, 3.8) is 0 Å². The number of halogens is 1. The molecular formula is C13H7ClN2O3. The van der Waals surface area contributed by atoms with Crippen LogP contribution in [-0.2, 0) is 0 Å². The summed E-state index contributed by atoms with van der Waals surface area (Å²) in [4.78, 5) is 14.7. The van der Waals surface area contributed by atoms with Crippen LogP contribution in [0.25, 0.3) is 0 Å². The van der Waals surface area contributed by atoms with Crippen LogP contribution in [-0.4, -0.2) is 16.1 Å². The fourth-order valence-corrected chi connectivity index (χ4v) is 1.60. The predicted octanol–water partition coefficient (Wildman–Crippen LogP) is 3.10. The number of hydrogen-bond donors (Lipinski definition) is 1. The Morgan fingerprint density at radius 1 is 1.42 bits per heavy atom. The first kappa shape index (κ1) is 12.9. The van der Waals surface area contributed by atoms with Crippen molar-refractivity contribution in [1.29, 1.82) is 5.26 Å². The molecule has 2 aromatic rings. The molecule has 0 spiro atoms. The Labute approximate surface area is 113 Å². The molecule has 1 aromatic heterocycles. The van der Waals surface area contributed by atoms with Gasteiger partial charge in [0.25, 0.3) is 0 Å². The Bertz CT molecular complexity index is 680. The number of hydrogen-bond acceptors (Lipinski definition) is 4. The largest absolute Gasteiger partial charge is 0.478 e. The molecule has 1 N–H and O–H groups in total. The highest BCUT2D eigenvalue weighted by atomic mass is 35.5. The lowest BCUT2D eigenvalue weighted by Gasteiger charge is -2.08. The predicted molar refractivity (Wildman–Crippen MR) is 67.4 cm³/mol. The first-order valence-electron chi connectivity index (χ1n) is 5.17. The molecule has 0 saturated carbocycles. The number of carboxylic acids is 1. The number of carbonyl (C=O) groups is 1. The number of ether oxygens (including phenoxy) is 1. The van der Waals surface area contributed by atoms with Crippen LogP contribution in [0.3, 0.4) is 0 Å². The minimum absolute atomic E-state index is 0.0545. The van der Waals surface area contributed by atoms with Gasteiger partial charge in [-0.05, 0) is 30.3 Å². The van der Waals surface area contributed by atoms with Gasteiger partial charge in [0.2, 0.25) is 5.88 Å². The zero-order valence-electron chi connectivity index (χ0n) is 9.50. The maximum absolute atomic E-state index is 10.8. The minimum atomic E-state index is -1.08. The lowest BCUT2D eigenvalue weighted by atomic mass is 10.2. The molecule has 94 valence electrons. The van der Waals surface area contributed by atoms with Crippen molar-refractivity contribution in [3.05, 3.63) is 52.7 Å². The molecule has 0 atom stereocenters. The summed E-state index contributed by atoms with van der Waals surface area (Å²) in [6.45, 7) is 0. The van der Waals surface area contributed by atoms with Crippen LogP contribution in [0.5, 0.6) is 11.6 Å². The molecule has 6 heteroatoms. The van der Waals surface area contributed by atoms with E-state index in [0.29, 0.717) is 0 Å². The van der Waals surface area contributed by atoms with E-state index >= 15 is 0 Å². The van der Waals surface area contributed by atoms with Gasteiger partial charge in [0, 0.05) is 6.20 Å². The lowest BCUT2D eigenvalue weighted by molar-refractivity contribution is 0.0697. The summed E-state index contributed by atoms with van der Waals surface area (Å²) in [7, 11) is 0. The fourth-order valence-electron chi connectivity index (χ4n) is 1.38. The lowest BCUT2D eigenvalue weighted by Crippen LogP contribution is -1.97. The van der Waals surface area contributed by atoms with Crippen molar-refractivity contribution < 1.29 is 14.6 Å². The number of carboxylic acid groups (broad SMARTS) is 1. The summed E-state index contributed by atoms with van der Waals surface area (Å²) in [5, 5.41) is 17.9. The Balaban J connectivity index is 2.34. The number of nitriles is 1. The van der Waals surface area contributed by atoms with Gasteiger partial charge in [0.05, 0.1) is 10.6 Å². The zero-order valence-corrected chi connectivity index (χ0v) is 10.3. The quantitative estimate of drug-likeness (QED) is 0.930. The van der Waals surface area contributed by atoms with Crippen LogP contribution in [0.4, 0.5) is 0 Å². The molecule has 0 aliphatic heterocycles. The second kappa shape index (κ2) is 5.38. The highest BCUT2D eigenvalue weighted by Gasteiger charge is 2.11. The third-order valence-corrected chi connectivity index (χ3v) is 2.57. The average molecular weight is 275 g/mol. The molecule has 0 unspecified atom stereocenters. The van der Waals surface area contributed by atoms with Gasteiger partial charge < -0.3 is 9.84 Å². The van der Waals surface area contributed by atoms with Crippen LogP contribution in [0.2, 0.25) is 5.02 Å². The SMILES string of the molecule is N#Cc1cccnc1Oc1ccc(C(=O)O)cc1Cl. The zero-order chi connectivity index (χ0) is 13.8.